The van der Waals surface area contributed by atoms with E-state index in [-0.39, 0.29) is 11.8 Å². The summed E-state index contributed by atoms with van der Waals surface area (Å²) in [6, 6.07) is 17.3. The quantitative estimate of drug-likeness (QED) is 0.850. The van der Waals surface area contributed by atoms with Crippen LogP contribution in [0.25, 0.3) is 0 Å². The molecule has 1 unspecified atom stereocenters. The number of anilines is 1. The second-order valence-corrected chi connectivity index (χ2v) is 6.45. The molecule has 1 aliphatic heterocycles. The molecule has 1 saturated heterocycles. The van der Waals surface area contributed by atoms with Gasteiger partial charge in [-0.1, -0.05) is 48.5 Å². The first-order valence-corrected chi connectivity index (χ1v) is 8.49. The normalized spacial score (nSPS) is 16.8. The highest BCUT2D eigenvalue weighted by molar-refractivity contribution is 5.80. The molecule has 0 aromatic heterocycles. The third-order valence-electron chi connectivity index (χ3n) is 4.88. The summed E-state index contributed by atoms with van der Waals surface area (Å²) in [5, 5.41) is 10.5. The Labute approximate surface area is 142 Å². The molecular formula is C20H24N2O2. The Morgan fingerprint density at radius 3 is 2.38 bits per heavy atom. The molecule has 0 spiro atoms. The van der Waals surface area contributed by atoms with Crippen molar-refractivity contribution in [3.63, 3.8) is 0 Å². The highest BCUT2D eigenvalue weighted by atomic mass is 16.3. The average molecular weight is 324 g/mol. The number of carbonyl (C=O) groups excluding carboxylic acids is 1. The van der Waals surface area contributed by atoms with Gasteiger partial charge in [-0.3, -0.25) is 4.79 Å². The fourth-order valence-corrected chi connectivity index (χ4v) is 3.36. The lowest BCUT2D eigenvalue weighted by Gasteiger charge is -2.34. The van der Waals surface area contributed by atoms with Gasteiger partial charge >= 0.3 is 0 Å². The third kappa shape index (κ3) is 3.77. The number of carbonyl (C=O) groups is 1. The number of nitrogen functional groups attached to an aromatic ring is 1. The van der Waals surface area contributed by atoms with Gasteiger partial charge in [0.15, 0.2) is 0 Å². The van der Waals surface area contributed by atoms with Gasteiger partial charge in [-0.05, 0) is 36.0 Å². The number of amides is 1. The van der Waals surface area contributed by atoms with E-state index in [2.05, 4.69) is 0 Å². The first-order valence-electron chi connectivity index (χ1n) is 8.49. The summed E-state index contributed by atoms with van der Waals surface area (Å²) in [4.78, 5) is 14.4. The molecule has 1 fully saturated rings. The van der Waals surface area contributed by atoms with Crippen LogP contribution in [0.1, 0.15) is 30.1 Å². The van der Waals surface area contributed by atoms with Gasteiger partial charge in [0.1, 0.15) is 0 Å². The average Bonchev–Trinajstić information content (AvgIpc) is 2.64. The van der Waals surface area contributed by atoms with Crippen molar-refractivity contribution in [2.75, 3.05) is 18.8 Å². The zero-order valence-electron chi connectivity index (χ0n) is 13.8. The molecule has 0 bridgehead atoms. The molecule has 2 aromatic carbocycles. The molecule has 126 valence electrons. The second-order valence-electron chi connectivity index (χ2n) is 6.45. The molecule has 1 aliphatic rings. The van der Waals surface area contributed by atoms with Crippen molar-refractivity contribution in [2.24, 2.45) is 5.92 Å². The third-order valence-corrected chi connectivity index (χ3v) is 4.88. The minimum absolute atomic E-state index is 0.112. The monoisotopic (exact) mass is 324 g/mol. The highest BCUT2D eigenvalue weighted by Crippen LogP contribution is 2.30. The van der Waals surface area contributed by atoms with Crippen molar-refractivity contribution >= 4 is 11.6 Å². The van der Waals surface area contributed by atoms with Crippen LogP contribution in [0.2, 0.25) is 0 Å². The zero-order valence-corrected chi connectivity index (χ0v) is 13.8. The first kappa shape index (κ1) is 16.5. The molecule has 4 heteroatoms. The van der Waals surface area contributed by atoms with Crippen LogP contribution in [0.15, 0.2) is 54.6 Å². The summed E-state index contributed by atoms with van der Waals surface area (Å²) < 4.78 is 0. The Morgan fingerprint density at radius 1 is 1.08 bits per heavy atom. The number of nitrogens with two attached hydrogens (primary N) is 1. The fourth-order valence-electron chi connectivity index (χ4n) is 3.36. The molecule has 1 heterocycles. The van der Waals surface area contributed by atoms with Crippen molar-refractivity contribution in [1.29, 1.82) is 0 Å². The summed E-state index contributed by atoms with van der Waals surface area (Å²) in [6.45, 7) is 1.39. The number of likely N-dealkylation sites (tertiary alicyclic amines) is 1. The van der Waals surface area contributed by atoms with Crippen molar-refractivity contribution in [2.45, 2.75) is 25.4 Å². The van der Waals surface area contributed by atoms with E-state index in [0.29, 0.717) is 25.2 Å². The van der Waals surface area contributed by atoms with Crippen molar-refractivity contribution in [3.8, 4) is 0 Å². The van der Waals surface area contributed by atoms with Crippen molar-refractivity contribution in [3.05, 3.63) is 65.7 Å². The van der Waals surface area contributed by atoms with E-state index < -0.39 is 6.10 Å². The standard InChI is InChI=1S/C20H24N2O2/c21-18-9-5-4-8-17(18)14-19(23)22-12-10-16(11-13-22)20(24)15-6-2-1-3-7-15/h1-9,16,20,24H,10-14,21H2. The van der Waals surface area contributed by atoms with Gasteiger partial charge in [-0.2, -0.15) is 0 Å². The van der Waals surface area contributed by atoms with Gasteiger partial charge < -0.3 is 15.7 Å². The maximum Gasteiger partial charge on any atom is 0.227 e. The van der Waals surface area contributed by atoms with Gasteiger partial charge in [0.2, 0.25) is 5.91 Å². The predicted molar refractivity (Wildman–Crippen MR) is 95.3 cm³/mol. The lowest BCUT2D eigenvalue weighted by Crippen LogP contribution is -2.40. The molecule has 3 rings (SSSR count). The van der Waals surface area contributed by atoms with Crippen LogP contribution in [0, 0.1) is 5.92 Å². The van der Waals surface area contributed by atoms with Crippen LogP contribution in [0.5, 0.6) is 0 Å². The van der Waals surface area contributed by atoms with Gasteiger partial charge in [0.25, 0.3) is 0 Å². The molecule has 0 saturated carbocycles. The minimum Gasteiger partial charge on any atom is -0.398 e. The van der Waals surface area contributed by atoms with Crippen LogP contribution in [0.4, 0.5) is 5.69 Å². The largest absolute Gasteiger partial charge is 0.398 e. The van der Waals surface area contributed by atoms with Crippen LogP contribution >= 0.6 is 0 Å². The highest BCUT2D eigenvalue weighted by Gasteiger charge is 2.28. The van der Waals surface area contributed by atoms with Gasteiger partial charge in [-0.25, -0.2) is 0 Å². The zero-order chi connectivity index (χ0) is 16.9. The van der Waals surface area contributed by atoms with E-state index in [4.69, 9.17) is 5.73 Å². The van der Waals surface area contributed by atoms with Crippen LogP contribution < -0.4 is 5.73 Å². The molecule has 3 N–H and O–H groups in total. The Bertz CT molecular complexity index is 679. The van der Waals surface area contributed by atoms with Crippen LogP contribution in [-0.4, -0.2) is 29.0 Å². The summed E-state index contributed by atoms with van der Waals surface area (Å²) in [5.74, 6) is 0.318. The van der Waals surface area contributed by atoms with Gasteiger partial charge in [-0.15, -0.1) is 0 Å². The van der Waals surface area contributed by atoms with E-state index in [1.54, 1.807) is 0 Å². The lowest BCUT2D eigenvalue weighted by molar-refractivity contribution is -0.132. The van der Waals surface area contributed by atoms with Crippen molar-refractivity contribution < 1.29 is 9.90 Å². The van der Waals surface area contributed by atoms with Gasteiger partial charge in [0, 0.05) is 18.8 Å². The molecule has 0 radical (unpaired) electrons. The predicted octanol–water partition coefficient (Wildman–Crippen LogP) is 2.78. The second kappa shape index (κ2) is 7.49. The SMILES string of the molecule is Nc1ccccc1CC(=O)N1CCC(C(O)c2ccccc2)CC1. The van der Waals surface area contributed by atoms with E-state index in [0.717, 1.165) is 24.0 Å². The molecule has 1 amide bonds. The molecule has 2 aromatic rings. The minimum atomic E-state index is -0.451. The van der Waals surface area contributed by atoms with E-state index in [1.807, 2.05) is 59.5 Å². The van der Waals surface area contributed by atoms with E-state index >= 15 is 0 Å². The fraction of sp³-hybridized carbons (Fsp3) is 0.350. The summed E-state index contributed by atoms with van der Waals surface area (Å²) in [5.41, 5.74) is 8.43. The topological polar surface area (TPSA) is 66.6 Å². The summed E-state index contributed by atoms with van der Waals surface area (Å²) in [6.07, 6.45) is 1.55. The number of rotatable bonds is 4. The number of hydrogen-bond acceptors (Lipinski definition) is 3. The molecule has 1 atom stereocenters. The molecule has 4 nitrogen and oxygen atoms in total. The summed E-state index contributed by atoms with van der Waals surface area (Å²) >= 11 is 0. The number of aliphatic hydroxyl groups is 1. The maximum absolute atomic E-state index is 12.5. The number of benzene rings is 2. The van der Waals surface area contributed by atoms with Crippen molar-refractivity contribution in [1.82, 2.24) is 4.90 Å². The Morgan fingerprint density at radius 2 is 1.71 bits per heavy atom. The Hall–Kier alpha value is -2.33. The molecule has 0 aliphatic carbocycles. The number of para-hydroxylation sites is 1. The first-order chi connectivity index (χ1) is 11.6. The lowest BCUT2D eigenvalue weighted by atomic mass is 9.87. The van der Waals surface area contributed by atoms with E-state index in [9.17, 15) is 9.90 Å². The number of piperidine rings is 1. The molecule has 24 heavy (non-hydrogen) atoms. The van der Waals surface area contributed by atoms with Gasteiger partial charge in [0.05, 0.1) is 12.5 Å². The smallest absolute Gasteiger partial charge is 0.227 e. The number of nitrogens with zero attached hydrogens (tertiary/aromatic N) is 1. The Kier molecular flexibility index (Phi) is 5.16. The summed E-state index contributed by atoms with van der Waals surface area (Å²) in [7, 11) is 0. The molecular weight excluding hydrogens is 300 g/mol. The maximum atomic E-state index is 12.5. The van der Waals surface area contributed by atoms with E-state index in [1.165, 1.54) is 0 Å². The van der Waals surface area contributed by atoms with Crippen LogP contribution in [-0.2, 0) is 11.2 Å². The van der Waals surface area contributed by atoms with Crippen LogP contribution in [0.3, 0.4) is 0 Å². The number of hydrogen-bond donors (Lipinski definition) is 2. The Balaban J connectivity index is 1.55. The number of aliphatic hydroxyl groups excluding tert-OH is 1.